The number of methoxy groups -OCH3 is 2. The molecule has 1 unspecified atom stereocenters. The molecule has 0 aliphatic rings. The number of benzene rings is 1. The summed E-state index contributed by atoms with van der Waals surface area (Å²) in [5.74, 6) is 2.16. The van der Waals surface area contributed by atoms with Crippen molar-refractivity contribution in [2.45, 2.75) is 26.8 Å². The van der Waals surface area contributed by atoms with Crippen LogP contribution in [0.4, 0.5) is 0 Å². The van der Waals surface area contributed by atoms with E-state index in [2.05, 4.69) is 26.1 Å². The van der Waals surface area contributed by atoms with Crippen LogP contribution in [-0.4, -0.2) is 34.0 Å². The molecule has 0 aromatic heterocycles. The summed E-state index contributed by atoms with van der Waals surface area (Å²) in [6.45, 7) is 8.66. The number of hydrogen-bond donors (Lipinski definition) is 1. The van der Waals surface area contributed by atoms with Crippen molar-refractivity contribution >= 4 is 0 Å². The Morgan fingerprint density at radius 3 is 2.40 bits per heavy atom. The third kappa shape index (κ3) is 5.02. The van der Waals surface area contributed by atoms with E-state index in [4.69, 9.17) is 14.2 Å². The molecule has 0 saturated heterocycles. The molecule has 1 aromatic carbocycles. The van der Waals surface area contributed by atoms with E-state index >= 15 is 0 Å². The average molecular weight is 281 g/mol. The Labute approximate surface area is 122 Å². The van der Waals surface area contributed by atoms with Gasteiger partial charge in [0.2, 0.25) is 0 Å². The Kier molecular flexibility index (Phi) is 7.41. The van der Waals surface area contributed by atoms with Crippen LogP contribution in [0.2, 0.25) is 0 Å². The van der Waals surface area contributed by atoms with Crippen LogP contribution < -0.4 is 14.8 Å². The molecule has 1 N–H and O–H groups in total. The summed E-state index contributed by atoms with van der Waals surface area (Å²) in [5.41, 5.74) is 1.10. The highest BCUT2D eigenvalue weighted by Crippen LogP contribution is 2.29. The van der Waals surface area contributed by atoms with Crippen LogP contribution in [0.3, 0.4) is 0 Å². The van der Waals surface area contributed by atoms with E-state index in [1.165, 1.54) is 0 Å². The molecule has 0 amide bonds. The molecular formula is C16H27NO3. The maximum absolute atomic E-state index is 5.77. The first-order chi connectivity index (χ1) is 9.62. The summed E-state index contributed by atoms with van der Waals surface area (Å²) in [5, 5.41) is 3.44. The van der Waals surface area contributed by atoms with Crippen LogP contribution in [0.1, 0.15) is 32.4 Å². The molecule has 0 bridgehead atoms. The van der Waals surface area contributed by atoms with Gasteiger partial charge in [-0.05, 0) is 24.6 Å². The van der Waals surface area contributed by atoms with Gasteiger partial charge in [-0.1, -0.05) is 20.8 Å². The number of nitrogens with one attached hydrogen (secondary N) is 1. The summed E-state index contributed by atoms with van der Waals surface area (Å²) in [4.78, 5) is 0. The number of hydrogen-bond acceptors (Lipinski definition) is 4. The zero-order chi connectivity index (χ0) is 15.0. The lowest BCUT2D eigenvalue weighted by molar-refractivity contribution is 0.0899. The highest BCUT2D eigenvalue weighted by molar-refractivity contribution is 5.42. The second-order valence-electron chi connectivity index (χ2n) is 5.15. The lowest BCUT2D eigenvalue weighted by Gasteiger charge is -2.21. The molecule has 4 nitrogen and oxygen atoms in total. The maximum Gasteiger partial charge on any atom is 0.127 e. The van der Waals surface area contributed by atoms with Crippen LogP contribution in [0.15, 0.2) is 18.2 Å². The minimum absolute atomic E-state index is 0.125. The fraction of sp³-hybridized carbons (Fsp3) is 0.625. The molecule has 1 rings (SSSR count). The Hall–Kier alpha value is -1.26. The molecule has 114 valence electrons. The van der Waals surface area contributed by atoms with Crippen molar-refractivity contribution in [3.8, 4) is 11.5 Å². The fourth-order valence-corrected chi connectivity index (χ4v) is 2.03. The first-order valence-corrected chi connectivity index (χ1v) is 7.15. The van der Waals surface area contributed by atoms with E-state index in [1.54, 1.807) is 14.2 Å². The standard InChI is InChI=1S/C16H27NO3/c1-6-17-15(11-20-10-12(2)3)14-8-7-13(18-4)9-16(14)19-5/h7-9,12,15,17H,6,10-11H2,1-5H3. The summed E-state index contributed by atoms with van der Waals surface area (Å²) in [7, 11) is 3.33. The van der Waals surface area contributed by atoms with Crippen LogP contribution in [0, 0.1) is 5.92 Å². The molecule has 0 radical (unpaired) electrons. The number of likely N-dealkylation sites (N-methyl/N-ethyl adjacent to an activating group) is 1. The topological polar surface area (TPSA) is 39.7 Å². The second-order valence-corrected chi connectivity index (χ2v) is 5.15. The van der Waals surface area contributed by atoms with E-state index in [1.807, 2.05) is 18.2 Å². The Bertz CT molecular complexity index is 393. The average Bonchev–Trinajstić information content (AvgIpc) is 2.45. The van der Waals surface area contributed by atoms with Crippen molar-refractivity contribution in [1.82, 2.24) is 5.32 Å². The zero-order valence-corrected chi connectivity index (χ0v) is 13.2. The van der Waals surface area contributed by atoms with Gasteiger partial charge in [0.05, 0.1) is 26.9 Å². The summed E-state index contributed by atoms with van der Waals surface area (Å²) < 4.78 is 16.5. The van der Waals surface area contributed by atoms with Gasteiger partial charge in [-0.3, -0.25) is 0 Å². The Morgan fingerprint density at radius 2 is 1.85 bits per heavy atom. The molecule has 1 atom stereocenters. The Balaban J connectivity index is 2.84. The molecule has 0 fully saturated rings. The van der Waals surface area contributed by atoms with Crippen LogP contribution in [-0.2, 0) is 4.74 Å². The third-order valence-electron chi connectivity index (χ3n) is 3.00. The Morgan fingerprint density at radius 1 is 1.10 bits per heavy atom. The minimum atomic E-state index is 0.125. The van der Waals surface area contributed by atoms with Gasteiger partial charge in [0.25, 0.3) is 0 Å². The normalized spacial score (nSPS) is 12.5. The van der Waals surface area contributed by atoms with Gasteiger partial charge in [0.15, 0.2) is 0 Å². The van der Waals surface area contributed by atoms with Crippen molar-refractivity contribution < 1.29 is 14.2 Å². The molecule has 0 saturated carbocycles. The summed E-state index contributed by atoms with van der Waals surface area (Å²) >= 11 is 0. The lowest BCUT2D eigenvalue weighted by atomic mass is 10.1. The van der Waals surface area contributed by atoms with Crippen molar-refractivity contribution in [1.29, 1.82) is 0 Å². The molecule has 4 heteroatoms. The first kappa shape index (κ1) is 16.8. The summed E-state index contributed by atoms with van der Waals surface area (Å²) in [6.07, 6.45) is 0. The van der Waals surface area contributed by atoms with Gasteiger partial charge in [-0.2, -0.15) is 0 Å². The molecule has 20 heavy (non-hydrogen) atoms. The largest absolute Gasteiger partial charge is 0.497 e. The smallest absolute Gasteiger partial charge is 0.127 e. The SMILES string of the molecule is CCNC(COCC(C)C)c1ccc(OC)cc1OC. The monoisotopic (exact) mass is 281 g/mol. The van der Waals surface area contributed by atoms with E-state index in [0.29, 0.717) is 12.5 Å². The molecule has 0 spiro atoms. The van der Waals surface area contributed by atoms with Crippen LogP contribution in [0.25, 0.3) is 0 Å². The molecule has 0 aliphatic heterocycles. The lowest BCUT2D eigenvalue weighted by Crippen LogP contribution is -2.26. The van der Waals surface area contributed by atoms with Crippen molar-refractivity contribution in [2.75, 3.05) is 34.0 Å². The molecule has 1 aromatic rings. The van der Waals surface area contributed by atoms with Gasteiger partial charge in [0, 0.05) is 18.2 Å². The van der Waals surface area contributed by atoms with E-state index in [0.717, 1.165) is 30.2 Å². The highest BCUT2D eigenvalue weighted by Gasteiger charge is 2.16. The highest BCUT2D eigenvalue weighted by atomic mass is 16.5. The van der Waals surface area contributed by atoms with E-state index < -0.39 is 0 Å². The second kappa shape index (κ2) is 8.82. The maximum atomic E-state index is 5.77. The van der Waals surface area contributed by atoms with Gasteiger partial charge in [-0.15, -0.1) is 0 Å². The number of ether oxygens (including phenoxy) is 3. The molecular weight excluding hydrogens is 254 g/mol. The minimum Gasteiger partial charge on any atom is -0.497 e. The predicted octanol–water partition coefficient (Wildman–Crippen LogP) is 3.03. The predicted molar refractivity (Wildman–Crippen MR) is 81.6 cm³/mol. The van der Waals surface area contributed by atoms with Gasteiger partial charge >= 0.3 is 0 Å². The van der Waals surface area contributed by atoms with Crippen molar-refractivity contribution in [2.24, 2.45) is 5.92 Å². The van der Waals surface area contributed by atoms with Gasteiger partial charge < -0.3 is 19.5 Å². The van der Waals surface area contributed by atoms with Crippen LogP contribution in [0.5, 0.6) is 11.5 Å². The quantitative estimate of drug-likeness (QED) is 0.755. The van der Waals surface area contributed by atoms with E-state index in [-0.39, 0.29) is 6.04 Å². The van der Waals surface area contributed by atoms with Crippen LogP contribution >= 0.6 is 0 Å². The van der Waals surface area contributed by atoms with E-state index in [9.17, 15) is 0 Å². The zero-order valence-electron chi connectivity index (χ0n) is 13.2. The third-order valence-corrected chi connectivity index (χ3v) is 3.00. The number of rotatable bonds is 9. The fourth-order valence-electron chi connectivity index (χ4n) is 2.03. The van der Waals surface area contributed by atoms with Gasteiger partial charge in [0.1, 0.15) is 11.5 Å². The summed E-state index contributed by atoms with van der Waals surface area (Å²) in [6, 6.07) is 6.01. The molecule has 0 heterocycles. The van der Waals surface area contributed by atoms with Crippen molar-refractivity contribution in [3.63, 3.8) is 0 Å². The van der Waals surface area contributed by atoms with Crippen molar-refractivity contribution in [3.05, 3.63) is 23.8 Å². The van der Waals surface area contributed by atoms with Gasteiger partial charge in [-0.25, -0.2) is 0 Å². The molecule has 0 aliphatic carbocycles. The first-order valence-electron chi connectivity index (χ1n) is 7.15.